The van der Waals surface area contributed by atoms with Crippen LogP contribution < -0.4 is 5.32 Å². The van der Waals surface area contributed by atoms with Gasteiger partial charge in [0, 0.05) is 12.1 Å². The van der Waals surface area contributed by atoms with E-state index in [9.17, 15) is 5.11 Å². The highest BCUT2D eigenvalue weighted by Gasteiger charge is 2.24. The van der Waals surface area contributed by atoms with Crippen LogP contribution in [0.2, 0.25) is 0 Å². The maximum atomic E-state index is 10.5. The lowest BCUT2D eigenvalue weighted by Gasteiger charge is -2.30. The van der Waals surface area contributed by atoms with Gasteiger partial charge in [-0.05, 0) is 49.3 Å². The minimum atomic E-state index is -0.409. The second-order valence-electron chi connectivity index (χ2n) is 6.79. The summed E-state index contributed by atoms with van der Waals surface area (Å²) >= 11 is 0. The van der Waals surface area contributed by atoms with E-state index in [-0.39, 0.29) is 6.04 Å². The molecule has 0 aliphatic heterocycles. The fourth-order valence-corrected chi connectivity index (χ4v) is 3.44. The molecule has 3 unspecified atom stereocenters. The van der Waals surface area contributed by atoms with E-state index >= 15 is 0 Å². The molecule has 0 saturated heterocycles. The number of hydrogen-bond acceptors (Lipinski definition) is 2. The summed E-state index contributed by atoms with van der Waals surface area (Å²) in [5.74, 6) is 0. The minimum absolute atomic E-state index is 0.156. The van der Waals surface area contributed by atoms with Crippen molar-refractivity contribution in [1.82, 2.24) is 5.32 Å². The third-order valence-corrected chi connectivity index (χ3v) is 4.86. The van der Waals surface area contributed by atoms with E-state index in [1.807, 2.05) is 12.1 Å². The van der Waals surface area contributed by atoms with E-state index in [1.54, 1.807) is 0 Å². The van der Waals surface area contributed by atoms with Crippen LogP contribution in [0.1, 0.15) is 37.3 Å². The molecule has 1 aliphatic rings. The van der Waals surface area contributed by atoms with Gasteiger partial charge < -0.3 is 10.4 Å². The molecule has 0 heterocycles. The van der Waals surface area contributed by atoms with Crippen LogP contribution in [0.5, 0.6) is 0 Å². The molecular weight excluding hydrogens is 294 g/mol. The van der Waals surface area contributed by atoms with E-state index < -0.39 is 6.10 Å². The zero-order chi connectivity index (χ0) is 16.8. The highest BCUT2D eigenvalue weighted by Crippen LogP contribution is 2.27. The number of aliphatic hydroxyl groups excluding tert-OH is 1. The van der Waals surface area contributed by atoms with Gasteiger partial charge in [-0.3, -0.25) is 0 Å². The summed E-state index contributed by atoms with van der Waals surface area (Å²) in [7, 11) is 0. The van der Waals surface area contributed by atoms with Crippen LogP contribution in [0.4, 0.5) is 0 Å². The van der Waals surface area contributed by atoms with Crippen LogP contribution in [0.3, 0.4) is 0 Å². The molecule has 0 spiro atoms. The molecule has 3 rings (SSSR count). The molecule has 2 N–H and O–H groups in total. The fraction of sp³-hybridized carbons (Fsp3) is 0.364. The lowest BCUT2D eigenvalue weighted by Crippen LogP contribution is -2.45. The average molecular weight is 321 g/mol. The summed E-state index contributed by atoms with van der Waals surface area (Å²) in [6.45, 7) is 2.21. The Morgan fingerprint density at radius 2 is 1.71 bits per heavy atom. The Kier molecular flexibility index (Phi) is 5.84. The first-order valence-electron chi connectivity index (χ1n) is 8.96. The molecule has 126 valence electrons. The molecule has 0 amide bonds. The molecule has 0 radical (unpaired) electrons. The predicted octanol–water partition coefficient (Wildman–Crippen LogP) is 4.20. The van der Waals surface area contributed by atoms with Gasteiger partial charge in [-0.25, -0.2) is 0 Å². The second kappa shape index (κ2) is 8.27. The van der Waals surface area contributed by atoms with Crippen molar-refractivity contribution in [2.24, 2.45) is 0 Å². The molecule has 0 bridgehead atoms. The van der Waals surface area contributed by atoms with Gasteiger partial charge in [-0.1, -0.05) is 66.7 Å². The van der Waals surface area contributed by atoms with E-state index in [0.29, 0.717) is 6.04 Å². The average Bonchev–Trinajstić information content (AvgIpc) is 2.63. The summed E-state index contributed by atoms with van der Waals surface area (Å²) in [6.07, 6.45) is 5.78. The maximum absolute atomic E-state index is 10.5. The molecule has 2 heteroatoms. The lowest BCUT2D eigenvalue weighted by molar-refractivity contribution is 0.154. The number of hydrogen-bond donors (Lipinski definition) is 2. The Balaban J connectivity index is 1.52. The van der Waals surface area contributed by atoms with Crippen molar-refractivity contribution < 1.29 is 5.11 Å². The van der Waals surface area contributed by atoms with Gasteiger partial charge in [0.05, 0.1) is 6.10 Å². The van der Waals surface area contributed by atoms with Crippen LogP contribution in [0.25, 0.3) is 5.57 Å². The van der Waals surface area contributed by atoms with E-state index in [4.69, 9.17) is 0 Å². The van der Waals surface area contributed by atoms with Crippen molar-refractivity contribution >= 4 is 5.57 Å². The highest BCUT2D eigenvalue weighted by atomic mass is 16.3. The number of rotatable bonds is 6. The summed E-state index contributed by atoms with van der Waals surface area (Å²) < 4.78 is 0. The van der Waals surface area contributed by atoms with Crippen LogP contribution in [0, 0.1) is 0 Å². The van der Waals surface area contributed by atoms with Gasteiger partial charge in [0.1, 0.15) is 0 Å². The topological polar surface area (TPSA) is 32.3 Å². The van der Waals surface area contributed by atoms with Crippen LogP contribution in [-0.2, 0) is 6.42 Å². The monoisotopic (exact) mass is 321 g/mol. The second-order valence-corrected chi connectivity index (χ2v) is 6.79. The third kappa shape index (κ3) is 4.56. The summed E-state index contributed by atoms with van der Waals surface area (Å²) in [4.78, 5) is 0. The zero-order valence-corrected chi connectivity index (χ0v) is 14.4. The van der Waals surface area contributed by atoms with Gasteiger partial charge in [0.2, 0.25) is 0 Å². The van der Waals surface area contributed by atoms with Crippen LogP contribution in [-0.4, -0.2) is 23.3 Å². The molecule has 2 nitrogen and oxygen atoms in total. The zero-order valence-electron chi connectivity index (χ0n) is 14.4. The summed E-state index contributed by atoms with van der Waals surface area (Å²) in [5.41, 5.74) is 3.87. The number of benzene rings is 2. The Hall–Kier alpha value is -1.90. The van der Waals surface area contributed by atoms with Crippen molar-refractivity contribution in [2.45, 2.75) is 50.8 Å². The first-order valence-corrected chi connectivity index (χ1v) is 8.96. The van der Waals surface area contributed by atoms with Gasteiger partial charge >= 0.3 is 0 Å². The van der Waals surface area contributed by atoms with E-state index in [1.165, 1.54) is 16.7 Å². The normalized spacial score (nSPS) is 22.0. The number of nitrogens with one attached hydrogen (secondary N) is 1. The first kappa shape index (κ1) is 16.9. The quantitative estimate of drug-likeness (QED) is 0.835. The van der Waals surface area contributed by atoms with Crippen molar-refractivity contribution in [3.8, 4) is 0 Å². The SMILES string of the molecule is CC(CCc1ccccc1)NC1CCC(c2ccccc2)=CC1O. The van der Waals surface area contributed by atoms with Crippen LogP contribution >= 0.6 is 0 Å². The van der Waals surface area contributed by atoms with Crippen molar-refractivity contribution in [3.63, 3.8) is 0 Å². The minimum Gasteiger partial charge on any atom is -0.387 e. The van der Waals surface area contributed by atoms with Crippen molar-refractivity contribution in [2.75, 3.05) is 0 Å². The maximum Gasteiger partial charge on any atom is 0.0879 e. The lowest BCUT2D eigenvalue weighted by atomic mass is 9.88. The molecule has 2 aromatic rings. The molecular formula is C22H27NO. The Morgan fingerprint density at radius 1 is 1.04 bits per heavy atom. The molecule has 0 aromatic heterocycles. The number of aliphatic hydroxyl groups is 1. The molecule has 24 heavy (non-hydrogen) atoms. The smallest absolute Gasteiger partial charge is 0.0879 e. The molecule has 0 saturated carbocycles. The third-order valence-electron chi connectivity index (χ3n) is 4.86. The van der Waals surface area contributed by atoms with E-state index in [2.05, 4.69) is 66.8 Å². The van der Waals surface area contributed by atoms with Crippen LogP contribution in [0.15, 0.2) is 66.7 Å². The fourth-order valence-electron chi connectivity index (χ4n) is 3.44. The molecule has 0 fully saturated rings. The Morgan fingerprint density at radius 3 is 2.38 bits per heavy atom. The van der Waals surface area contributed by atoms with Gasteiger partial charge in [0.25, 0.3) is 0 Å². The Labute approximate surface area is 145 Å². The highest BCUT2D eigenvalue weighted by molar-refractivity contribution is 5.67. The van der Waals surface area contributed by atoms with Gasteiger partial charge in [-0.2, -0.15) is 0 Å². The van der Waals surface area contributed by atoms with E-state index in [0.717, 1.165) is 25.7 Å². The number of allylic oxidation sites excluding steroid dienone is 1. The molecule has 1 aliphatic carbocycles. The van der Waals surface area contributed by atoms with Crippen molar-refractivity contribution in [3.05, 3.63) is 77.9 Å². The molecule has 3 atom stereocenters. The standard InChI is InChI=1S/C22H27NO/c1-17(12-13-18-8-4-2-5-9-18)23-21-15-14-20(16-22(21)24)19-10-6-3-7-11-19/h2-11,16-17,21-24H,12-15H2,1H3. The van der Waals surface area contributed by atoms with Gasteiger partial charge in [-0.15, -0.1) is 0 Å². The predicted molar refractivity (Wildman–Crippen MR) is 101 cm³/mol. The summed E-state index contributed by atoms with van der Waals surface area (Å²) in [6, 6.07) is 21.5. The van der Waals surface area contributed by atoms with Crippen molar-refractivity contribution in [1.29, 1.82) is 0 Å². The van der Waals surface area contributed by atoms with Gasteiger partial charge in [0.15, 0.2) is 0 Å². The summed E-state index contributed by atoms with van der Waals surface area (Å²) in [5, 5.41) is 14.1. The first-order chi connectivity index (χ1) is 11.7. The molecule has 2 aromatic carbocycles. The number of aryl methyl sites for hydroxylation is 1. The largest absolute Gasteiger partial charge is 0.387 e. The Bertz CT molecular complexity index is 650.